The molecule has 5 nitrogen and oxygen atoms in total. The second-order valence-electron chi connectivity index (χ2n) is 7.36. The molecule has 1 aromatic heterocycles. The maximum atomic E-state index is 13.4. The van der Waals surface area contributed by atoms with Crippen molar-refractivity contribution in [2.45, 2.75) is 19.8 Å². The van der Waals surface area contributed by atoms with Crippen LogP contribution in [0.4, 0.5) is 15.8 Å². The molecule has 0 saturated carbocycles. The molecule has 1 N–H and O–H groups in total. The highest BCUT2D eigenvalue weighted by Gasteiger charge is 2.27. The van der Waals surface area contributed by atoms with E-state index in [1.165, 1.54) is 6.07 Å². The van der Waals surface area contributed by atoms with Gasteiger partial charge in [-0.2, -0.15) is 5.26 Å². The molecule has 146 valence electrons. The van der Waals surface area contributed by atoms with Crippen LogP contribution in [-0.4, -0.2) is 24.0 Å². The first-order valence-corrected chi connectivity index (χ1v) is 9.66. The van der Waals surface area contributed by atoms with Crippen molar-refractivity contribution in [3.8, 4) is 6.07 Å². The van der Waals surface area contributed by atoms with E-state index in [4.69, 9.17) is 0 Å². The van der Waals surface area contributed by atoms with Gasteiger partial charge in [0.15, 0.2) is 0 Å². The molecule has 6 heteroatoms. The molecule has 1 amide bonds. The van der Waals surface area contributed by atoms with E-state index in [0.717, 1.165) is 16.6 Å². The van der Waals surface area contributed by atoms with Crippen LogP contribution in [0.5, 0.6) is 0 Å². The molecule has 1 saturated heterocycles. The van der Waals surface area contributed by atoms with Crippen molar-refractivity contribution in [1.29, 1.82) is 5.26 Å². The Morgan fingerprint density at radius 1 is 1.24 bits per heavy atom. The van der Waals surface area contributed by atoms with E-state index >= 15 is 0 Å². The first-order valence-electron chi connectivity index (χ1n) is 9.66. The van der Waals surface area contributed by atoms with Gasteiger partial charge in [-0.1, -0.05) is 18.2 Å². The molecule has 0 bridgehead atoms. The fourth-order valence-electron chi connectivity index (χ4n) is 3.88. The van der Waals surface area contributed by atoms with E-state index in [0.29, 0.717) is 42.7 Å². The van der Waals surface area contributed by atoms with Crippen molar-refractivity contribution < 1.29 is 9.18 Å². The average molecular weight is 388 g/mol. The van der Waals surface area contributed by atoms with Crippen molar-refractivity contribution in [1.82, 2.24) is 4.98 Å². The number of carbonyl (C=O) groups excluding carboxylic acids is 1. The SMILES string of the molecule is Cc1cc(NC(=O)C2CCN(c3c(C#N)cnc4ccccc34)CC2)ccc1F. The van der Waals surface area contributed by atoms with Crippen LogP contribution in [0.1, 0.15) is 24.0 Å². The smallest absolute Gasteiger partial charge is 0.227 e. The summed E-state index contributed by atoms with van der Waals surface area (Å²) in [6.45, 7) is 3.04. The second kappa shape index (κ2) is 7.88. The lowest BCUT2D eigenvalue weighted by molar-refractivity contribution is -0.120. The predicted molar refractivity (Wildman–Crippen MR) is 111 cm³/mol. The van der Waals surface area contributed by atoms with Crippen LogP contribution in [0.15, 0.2) is 48.7 Å². The molecular weight excluding hydrogens is 367 g/mol. The summed E-state index contributed by atoms with van der Waals surface area (Å²) in [5, 5.41) is 13.4. The molecule has 29 heavy (non-hydrogen) atoms. The Hall–Kier alpha value is -3.46. The largest absolute Gasteiger partial charge is 0.370 e. The van der Waals surface area contributed by atoms with Crippen molar-refractivity contribution in [2.24, 2.45) is 5.92 Å². The second-order valence-corrected chi connectivity index (χ2v) is 7.36. The predicted octanol–water partition coefficient (Wildman–Crippen LogP) is 4.41. The first kappa shape index (κ1) is 18.9. The number of nitrogens with zero attached hydrogens (tertiary/aromatic N) is 3. The zero-order valence-corrected chi connectivity index (χ0v) is 16.2. The maximum Gasteiger partial charge on any atom is 0.227 e. The molecule has 1 fully saturated rings. The van der Waals surface area contributed by atoms with Crippen LogP contribution >= 0.6 is 0 Å². The van der Waals surface area contributed by atoms with Crippen molar-refractivity contribution >= 4 is 28.2 Å². The average Bonchev–Trinajstić information content (AvgIpc) is 2.75. The van der Waals surface area contributed by atoms with Crippen molar-refractivity contribution in [3.05, 3.63) is 65.6 Å². The molecule has 0 radical (unpaired) electrons. The quantitative estimate of drug-likeness (QED) is 0.722. The van der Waals surface area contributed by atoms with E-state index in [1.54, 1.807) is 25.3 Å². The Morgan fingerprint density at radius 3 is 2.72 bits per heavy atom. The van der Waals surface area contributed by atoms with Gasteiger partial charge < -0.3 is 10.2 Å². The summed E-state index contributed by atoms with van der Waals surface area (Å²) in [5.74, 6) is -0.444. The lowest BCUT2D eigenvalue weighted by atomic mass is 9.94. The number of aryl methyl sites for hydroxylation is 1. The van der Waals surface area contributed by atoms with Crippen LogP contribution in [0.2, 0.25) is 0 Å². The van der Waals surface area contributed by atoms with Gasteiger partial charge in [-0.3, -0.25) is 9.78 Å². The molecule has 1 aliphatic heterocycles. The minimum Gasteiger partial charge on any atom is -0.370 e. The van der Waals surface area contributed by atoms with Gasteiger partial charge in [-0.25, -0.2) is 4.39 Å². The molecule has 0 spiro atoms. The molecule has 0 unspecified atom stereocenters. The fourth-order valence-corrected chi connectivity index (χ4v) is 3.88. The highest BCUT2D eigenvalue weighted by molar-refractivity contribution is 5.95. The van der Waals surface area contributed by atoms with E-state index in [-0.39, 0.29) is 17.6 Å². The lowest BCUT2D eigenvalue weighted by Gasteiger charge is -2.34. The third-order valence-corrected chi connectivity index (χ3v) is 5.47. The third kappa shape index (κ3) is 3.77. The number of carbonyl (C=O) groups is 1. The van der Waals surface area contributed by atoms with Gasteiger partial charge in [0, 0.05) is 36.3 Å². The fraction of sp³-hybridized carbons (Fsp3) is 0.261. The van der Waals surface area contributed by atoms with Gasteiger partial charge in [0.2, 0.25) is 5.91 Å². The zero-order valence-electron chi connectivity index (χ0n) is 16.2. The number of nitriles is 1. The number of amides is 1. The summed E-state index contributed by atoms with van der Waals surface area (Å²) in [5.41, 5.74) is 3.42. The normalized spacial score (nSPS) is 14.6. The monoisotopic (exact) mass is 388 g/mol. The topological polar surface area (TPSA) is 69.0 Å². The summed E-state index contributed by atoms with van der Waals surface area (Å²) < 4.78 is 13.4. The van der Waals surface area contributed by atoms with Gasteiger partial charge in [-0.05, 0) is 49.6 Å². The van der Waals surface area contributed by atoms with Gasteiger partial charge in [0.05, 0.1) is 16.8 Å². The number of hydrogen-bond acceptors (Lipinski definition) is 4. The number of aromatic nitrogens is 1. The number of fused-ring (bicyclic) bond motifs is 1. The van der Waals surface area contributed by atoms with Gasteiger partial charge in [-0.15, -0.1) is 0 Å². The summed E-state index contributed by atoms with van der Waals surface area (Å²) in [6, 6.07) is 14.6. The molecule has 2 heterocycles. The number of rotatable bonds is 3. The lowest BCUT2D eigenvalue weighted by Crippen LogP contribution is -2.38. The number of nitrogens with one attached hydrogen (secondary N) is 1. The van der Waals surface area contributed by atoms with Crippen molar-refractivity contribution in [2.75, 3.05) is 23.3 Å². The summed E-state index contributed by atoms with van der Waals surface area (Å²) >= 11 is 0. The Morgan fingerprint density at radius 2 is 2.00 bits per heavy atom. The molecule has 0 aliphatic carbocycles. The molecule has 4 rings (SSSR count). The number of halogens is 1. The number of benzene rings is 2. The van der Waals surface area contributed by atoms with E-state index in [2.05, 4.69) is 21.3 Å². The Balaban J connectivity index is 1.48. The van der Waals surface area contributed by atoms with Crippen LogP contribution in [0, 0.1) is 30.0 Å². The number of hydrogen-bond donors (Lipinski definition) is 1. The minimum atomic E-state index is -0.283. The van der Waals surface area contributed by atoms with E-state index in [9.17, 15) is 14.4 Å². The van der Waals surface area contributed by atoms with Crippen LogP contribution in [0.25, 0.3) is 10.9 Å². The van der Waals surface area contributed by atoms with E-state index < -0.39 is 0 Å². The highest BCUT2D eigenvalue weighted by Crippen LogP contribution is 2.32. The van der Waals surface area contributed by atoms with Crippen LogP contribution in [0.3, 0.4) is 0 Å². The van der Waals surface area contributed by atoms with Crippen LogP contribution in [-0.2, 0) is 4.79 Å². The van der Waals surface area contributed by atoms with E-state index in [1.807, 2.05) is 24.3 Å². The third-order valence-electron chi connectivity index (χ3n) is 5.47. The maximum absolute atomic E-state index is 13.4. The standard InChI is InChI=1S/C23H21FN4O/c1-15-12-18(6-7-20(15)24)27-23(29)16-8-10-28(11-9-16)22-17(13-25)14-26-21-5-3-2-4-19(21)22/h2-7,12,14,16H,8-11H2,1H3,(H,27,29). The van der Waals surface area contributed by atoms with Gasteiger partial charge in [0.1, 0.15) is 11.9 Å². The van der Waals surface area contributed by atoms with Gasteiger partial charge in [0.25, 0.3) is 0 Å². The molecule has 1 aliphatic rings. The number of para-hydroxylation sites is 1. The Labute approximate surface area is 168 Å². The van der Waals surface area contributed by atoms with Crippen molar-refractivity contribution in [3.63, 3.8) is 0 Å². The Kier molecular flexibility index (Phi) is 5.13. The molecule has 3 aromatic rings. The molecular formula is C23H21FN4O. The summed E-state index contributed by atoms with van der Waals surface area (Å²) in [6.07, 6.45) is 2.99. The molecule has 2 aromatic carbocycles. The zero-order chi connectivity index (χ0) is 20.4. The summed E-state index contributed by atoms with van der Waals surface area (Å²) in [4.78, 5) is 19.2. The number of piperidine rings is 1. The molecule has 0 atom stereocenters. The minimum absolute atomic E-state index is 0.0456. The summed E-state index contributed by atoms with van der Waals surface area (Å²) in [7, 11) is 0. The Bertz CT molecular complexity index is 1110. The van der Waals surface area contributed by atoms with Crippen LogP contribution < -0.4 is 10.2 Å². The van der Waals surface area contributed by atoms with Gasteiger partial charge >= 0.3 is 0 Å². The number of pyridine rings is 1. The number of anilines is 2. The first-order chi connectivity index (χ1) is 14.1. The highest BCUT2D eigenvalue weighted by atomic mass is 19.1.